The van der Waals surface area contributed by atoms with Gasteiger partial charge in [0.25, 0.3) is 5.91 Å². The molecule has 5 rings (SSSR count). The van der Waals surface area contributed by atoms with E-state index in [0.29, 0.717) is 28.9 Å². The topological polar surface area (TPSA) is 69.7 Å². The lowest BCUT2D eigenvalue weighted by atomic mass is 9.91. The van der Waals surface area contributed by atoms with E-state index in [1.54, 1.807) is 47.0 Å². The number of hydrogen-bond donors (Lipinski definition) is 1. The number of nitrogens with one attached hydrogen (secondary N) is 1. The van der Waals surface area contributed by atoms with Crippen LogP contribution in [0.25, 0.3) is 11.1 Å². The van der Waals surface area contributed by atoms with Crippen molar-refractivity contribution in [2.24, 2.45) is 5.92 Å². The van der Waals surface area contributed by atoms with Gasteiger partial charge in [0.2, 0.25) is 11.8 Å². The summed E-state index contributed by atoms with van der Waals surface area (Å²) in [5.74, 6) is -0.221. The minimum absolute atomic E-state index is 0.0529. The summed E-state index contributed by atoms with van der Waals surface area (Å²) in [6, 6.07) is 8.49. The smallest absolute Gasteiger partial charge is 0.256 e. The van der Waals surface area contributed by atoms with Gasteiger partial charge in [0.1, 0.15) is 11.9 Å². The molecule has 3 heterocycles. The third-order valence-electron chi connectivity index (χ3n) is 7.02. The minimum Gasteiger partial charge on any atom is -0.338 e. The monoisotopic (exact) mass is 501 g/mol. The van der Waals surface area contributed by atoms with Gasteiger partial charge in [-0.15, -0.1) is 0 Å². The largest absolute Gasteiger partial charge is 0.338 e. The Balaban J connectivity index is 1.42. The fourth-order valence-corrected chi connectivity index (χ4v) is 6.53. The molecule has 9 heteroatoms. The third kappa shape index (κ3) is 3.96. The number of hydrogen-bond acceptors (Lipinski definition) is 4. The van der Waals surface area contributed by atoms with Crippen LogP contribution in [0.1, 0.15) is 30.6 Å². The first-order valence-electron chi connectivity index (χ1n) is 11.3. The molecule has 0 aliphatic carbocycles. The number of carbonyl (C=O) groups is 3. The molecule has 1 unspecified atom stereocenters. The standard InChI is InChI=1S/C25H25ClFN3O3S/c1-25(2)18(7-10-34-25)24(33)29-8-9-30-21(13-29)22(31)28-20-6-3-14(11-17(20)23(30)32)16-5-4-15(26)12-19(16)27/h3-6,11-12,18,21H,7-10,13H2,1-2H3,(H,28,31)/t18-,21?/m1/s1. The quantitative estimate of drug-likeness (QED) is 0.666. The van der Waals surface area contributed by atoms with Crippen molar-refractivity contribution in [2.45, 2.75) is 31.1 Å². The SMILES string of the molecule is CC1(C)SCC[C@@H]1C(=O)N1CCN2C(=O)c3cc(-c4ccc(Cl)cc4F)ccc3NC(=O)C2C1. The van der Waals surface area contributed by atoms with Crippen LogP contribution in [-0.4, -0.2) is 63.7 Å². The van der Waals surface area contributed by atoms with E-state index in [0.717, 1.165) is 12.2 Å². The van der Waals surface area contributed by atoms with Gasteiger partial charge < -0.3 is 15.1 Å². The molecule has 2 saturated heterocycles. The van der Waals surface area contributed by atoms with Crippen molar-refractivity contribution >= 4 is 46.8 Å². The van der Waals surface area contributed by atoms with Gasteiger partial charge in [0, 0.05) is 28.4 Å². The van der Waals surface area contributed by atoms with E-state index >= 15 is 0 Å². The van der Waals surface area contributed by atoms with Crippen molar-refractivity contribution in [2.75, 3.05) is 30.7 Å². The normalized spacial score (nSPS) is 23.8. The maximum absolute atomic E-state index is 14.5. The van der Waals surface area contributed by atoms with Crippen LogP contribution in [0.2, 0.25) is 5.02 Å². The van der Waals surface area contributed by atoms with Crippen molar-refractivity contribution in [1.82, 2.24) is 9.80 Å². The molecule has 0 radical (unpaired) electrons. The zero-order valence-electron chi connectivity index (χ0n) is 18.9. The lowest BCUT2D eigenvalue weighted by molar-refractivity contribution is -0.140. The number of halogens is 2. The molecular weight excluding hydrogens is 477 g/mol. The average molecular weight is 502 g/mol. The lowest BCUT2D eigenvalue weighted by Gasteiger charge is -2.41. The molecule has 3 aliphatic heterocycles. The summed E-state index contributed by atoms with van der Waals surface area (Å²) in [5.41, 5.74) is 1.52. The minimum atomic E-state index is -0.773. The summed E-state index contributed by atoms with van der Waals surface area (Å²) < 4.78 is 14.3. The predicted octanol–water partition coefficient (Wildman–Crippen LogP) is 4.28. The van der Waals surface area contributed by atoms with E-state index in [-0.39, 0.29) is 46.5 Å². The Morgan fingerprint density at radius 3 is 2.65 bits per heavy atom. The Hall–Kier alpha value is -2.58. The van der Waals surface area contributed by atoms with Gasteiger partial charge in [0.05, 0.1) is 23.7 Å². The van der Waals surface area contributed by atoms with Crippen molar-refractivity contribution in [3.63, 3.8) is 0 Å². The molecule has 6 nitrogen and oxygen atoms in total. The first kappa shape index (κ1) is 23.2. The molecule has 178 valence electrons. The molecule has 0 bridgehead atoms. The molecular formula is C25H25ClFN3O3S. The van der Waals surface area contributed by atoms with Crippen molar-refractivity contribution in [3.8, 4) is 11.1 Å². The molecule has 0 aromatic heterocycles. The average Bonchev–Trinajstić information content (AvgIpc) is 3.12. The number of anilines is 1. The maximum Gasteiger partial charge on any atom is 0.256 e. The van der Waals surface area contributed by atoms with Crippen molar-refractivity contribution < 1.29 is 18.8 Å². The molecule has 3 aliphatic rings. The van der Waals surface area contributed by atoms with E-state index < -0.39 is 11.9 Å². The van der Waals surface area contributed by atoms with Gasteiger partial charge in [-0.25, -0.2) is 4.39 Å². The third-order valence-corrected chi connectivity index (χ3v) is 8.73. The van der Waals surface area contributed by atoms with E-state index in [4.69, 9.17) is 11.6 Å². The molecule has 34 heavy (non-hydrogen) atoms. The molecule has 0 spiro atoms. The molecule has 0 saturated carbocycles. The van der Waals surface area contributed by atoms with Gasteiger partial charge in [-0.2, -0.15) is 11.8 Å². The second-order valence-corrected chi connectivity index (χ2v) is 11.7. The molecule has 2 aromatic rings. The Morgan fingerprint density at radius 1 is 1.15 bits per heavy atom. The van der Waals surface area contributed by atoms with Gasteiger partial charge >= 0.3 is 0 Å². The summed E-state index contributed by atoms with van der Waals surface area (Å²) in [6.07, 6.45) is 0.821. The fraction of sp³-hybridized carbons (Fsp3) is 0.400. The summed E-state index contributed by atoms with van der Waals surface area (Å²) in [7, 11) is 0. The zero-order chi connectivity index (χ0) is 24.2. The number of carbonyl (C=O) groups excluding carboxylic acids is 3. The van der Waals surface area contributed by atoms with Gasteiger partial charge in [-0.1, -0.05) is 17.7 Å². The lowest BCUT2D eigenvalue weighted by Crippen LogP contribution is -2.60. The molecule has 2 aromatic carbocycles. The first-order chi connectivity index (χ1) is 16.2. The second-order valence-electron chi connectivity index (χ2n) is 9.47. The Morgan fingerprint density at radius 2 is 1.94 bits per heavy atom. The predicted molar refractivity (Wildman–Crippen MR) is 132 cm³/mol. The van der Waals surface area contributed by atoms with Gasteiger partial charge in [0.15, 0.2) is 0 Å². The molecule has 3 amide bonds. The van der Waals surface area contributed by atoms with E-state index in [2.05, 4.69) is 19.2 Å². The van der Waals surface area contributed by atoms with E-state index in [1.165, 1.54) is 11.0 Å². The van der Waals surface area contributed by atoms with Crippen LogP contribution < -0.4 is 5.32 Å². The van der Waals surface area contributed by atoms with Crippen LogP contribution >= 0.6 is 23.4 Å². The summed E-state index contributed by atoms with van der Waals surface area (Å²) in [6.45, 7) is 4.99. The highest BCUT2D eigenvalue weighted by molar-refractivity contribution is 8.00. The van der Waals surface area contributed by atoms with Gasteiger partial charge in [-0.05, 0) is 61.9 Å². The Labute approximate surface area is 206 Å². The van der Waals surface area contributed by atoms with Crippen LogP contribution in [0.15, 0.2) is 36.4 Å². The number of thioether (sulfide) groups is 1. The van der Waals surface area contributed by atoms with Crippen LogP contribution in [0.4, 0.5) is 10.1 Å². The number of amides is 3. The summed E-state index contributed by atoms with van der Waals surface area (Å²) >= 11 is 7.67. The maximum atomic E-state index is 14.5. The van der Waals surface area contributed by atoms with E-state index in [1.807, 2.05) is 0 Å². The van der Waals surface area contributed by atoms with Crippen LogP contribution in [0, 0.1) is 11.7 Å². The molecule has 1 N–H and O–H groups in total. The zero-order valence-corrected chi connectivity index (χ0v) is 20.5. The molecule has 2 atom stereocenters. The highest BCUT2D eigenvalue weighted by atomic mass is 35.5. The Bertz CT molecular complexity index is 1200. The number of fused-ring (bicyclic) bond motifs is 2. The number of nitrogens with zero attached hydrogens (tertiary/aromatic N) is 2. The number of rotatable bonds is 2. The summed E-state index contributed by atoms with van der Waals surface area (Å²) in [5, 5.41) is 3.13. The number of piperazine rings is 1. The van der Waals surface area contributed by atoms with Gasteiger partial charge in [-0.3, -0.25) is 14.4 Å². The highest BCUT2D eigenvalue weighted by Gasteiger charge is 2.46. The summed E-state index contributed by atoms with van der Waals surface area (Å²) in [4.78, 5) is 43.1. The fourth-order valence-electron chi connectivity index (χ4n) is 5.07. The molecule has 2 fully saturated rings. The van der Waals surface area contributed by atoms with Crippen molar-refractivity contribution in [3.05, 3.63) is 52.8 Å². The van der Waals surface area contributed by atoms with Crippen LogP contribution in [-0.2, 0) is 9.59 Å². The first-order valence-corrected chi connectivity index (χ1v) is 12.7. The second kappa shape index (κ2) is 8.57. The van der Waals surface area contributed by atoms with E-state index in [9.17, 15) is 18.8 Å². The Kier molecular flexibility index (Phi) is 5.84. The number of benzene rings is 2. The van der Waals surface area contributed by atoms with Crippen molar-refractivity contribution in [1.29, 1.82) is 0 Å². The van der Waals surface area contributed by atoms with Crippen LogP contribution in [0.5, 0.6) is 0 Å². The van der Waals surface area contributed by atoms with Crippen LogP contribution in [0.3, 0.4) is 0 Å². The highest BCUT2D eigenvalue weighted by Crippen LogP contribution is 2.43.